The number of hydrogen-bond donors (Lipinski definition) is 2. The number of carbonyl (C=O) groups excluding carboxylic acids is 2. The summed E-state index contributed by atoms with van der Waals surface area (Å²) in [7, 11) is 0. The van der Waals surface area contributed by atoms with Gasteiger partial charge in [-0.2, -0.15) is 5.10 Å². The van der Waals surface area contributed by atoms with E-state index >= 15 is 0 Å². The Kier molecular flexibility index (Phi) is 7.17. The normalized spacial score (nSPS) is 10.7. The van der Waals surface area contributed by atoms with Crippen LogP contribution < -0.4 is 15.5 Å². The van der Waals surface area contributed by atoms with Gasteiger partial charge in [0.2, 0.25) is 0 Å². The second-order valence-corrected chi connectivity index (χ2v) is 7.27. The van der Waals surface area contributed by atoms with Gasteiger partial charge in [0.1, 0.15) is 5.75 Å². The van der Waals surface area contributed by atoms with Gasteiger partial charge in [0.15, 0.2) is 6.61 Å². The summed E-state index contributed by atoms with van der Waals surface area (Å²) in [5.74, 6) is 0.0682. The molecule has 6 nitrogen and oxygen atoms in total. The molecule has 0 unspecified atom stereocenters. The van der Waals surface area contributed by atoms with Crippen LogP contribution >= 0.6 is 0 Å². The van der Waals surface area contributed by atoms with Crippen LogP contribution in [-0.2, 0) is 4.79 Å². The van der Waals surface area contributed by atoms with Gasteiger partial charge in [0, 0.05) is 11.3 Å². The summed E-state index contributed by atoms with van der Waals surface area (Å²) in [5, 5.41) is 6.80. The third kappa shape index (κ3) is 6.54. The predicted molar refractivity (Wildman–Crippen MR) is 123 cm³/mol. The highest BCUT2D eigenvalue weighted by molar-refractivity contribution is 5.95. The van der Waals surface area contributed by atoms with Crippen LogP contribution in [0.4, 0.5) is 5.69 Å². The summed E-state index contributed by atoms with van der Waals surface area (Å²) >= 11 is 0. The molecular weight excluding hydrogens is 390 g/mol. The molecule has 3 aromatic rings. The van der Waals surface area contributed by atoms with Crippen molar-refractivity contribution in [2.75, 3.05) is 11.9 Å². The minimum absolute atomic E-state index is 0.0904. The van der Waals surface area contributed by atoms with E-state index in [0.29, 0.717) is 11.3 Å². The average Bonchev–Trinajstić information content (AvgIpc) is 2.76. The molecular formula is C25H25N3O3. The molecule has 3 aromatic carbocycles. The molecule has 0 aromatic heterocycles. The number of nitrogens with zero attached hydrogens (tertiary/aromatic N) is 1. The lowest BCUT2D eigenvalue weighted by molar-refractivity contribution is -0.118. The zero-order chi connectivity index (χ0) is 22.2. The van der Waals surface area contributed by atoms with E-state index in [4.69, 9.17) is 4.74 Å². The average molecular weight is 415 g/mol. The summed E-state index contributed by atoms with van der Waals surface area (Å²) in [6.45, 7) is 5.86. The fraction of sp³-hybridized carbons (Fsp3) is 0.160. The summed E-state index contributed by atoms with van der Waals surface area (Å²) < 4.78 is 5.53. The smallest absolute Gasteiger partial charge is 0.271 e. The predicted octanol–water partition coefficient (Wildman–Crippen LogP) is 4.39. The Hall–Kier alpha value is -3.93. The fourth-order valence-electron chi connectivity index (χ4n) is 2.83. The standard InChI is InChI=1S/C25H25N3O3/c1-17-5-4-6-21(13-17)25(30)28-26-15-20-8-11-23(12-9-20)31-16-24(29)27-22-10-7-18(2)19(3)14-22/h4-15H,16H2,1-3H3,(H,27,29)(H,28,30)/b26-15+. The quantitative estimate of drug-likeness (QED) is 0.444. The first kappa shape index (κ1) is 21.8. The van der Waals surface area contributed by atoms with Gasteiger partial charge in [-0.05, 0) is 86.0 Å². The summed E-state index contributed by atoms with van der Waals surface area (Å²) in [5.41, 5.74) is 7.90. The Balaban J connectivity index is 1.47. The zero-order valence-electron chi connectivity index (χ0n) is 17.8. The van der Waals surface area contributed by atoms with Gasteiger partial charge >= 0.3 is 0 Å². The van der Waals surface area contributed by atoms with Crippen LogP contribution in [0.25, 0.3) is 0 Å². The van der Waals surface area contributed by atoms with Crippen LogP contribution in [0.15, 0.2) is 71.8 Å². The van der Waals surface area contributed by atoms with Crippen molar-refractivity contribution in [2.24, 2.45) is 5.10 Å². The number of ether oxygens (including phenoxy) is 1. The first-order chi connectivity index (χ1) is 14.9. The van der Waals surface area contributed by atoms with E-state index in [9.17, 15) is 9.59 Å². The molecule has 31 heavy (non-hydrogen) atoms. The molecule has 0 atom stereocenters. The molecule has 0 radical (unpaired) electrons. The third-order valence-corrected chi connectivity index (χ3v) is 4.70. The second-order valence-electron chi connectivity index (χ2n) is 7.27. The van der Waals surface area contributed by atoms with Gasteiger partial charge in [0.25, 0.3) is 11.8 Å². The summed E-state index contributed by atoms with van der Waals surface area (Å²) in [6, 6.07) is 20.1. The van der Waals surface area contributed by atoms with Crippen molar-refractivity contribution in [1.29, 1.82) is 0 Å². The van der Waals surface area contributed by atoms with E-state index < -0.39 is 0 Å². The molecule has 0 aliphatic heterocycles. The molecule has 0 aliphatic rings. The number of amides is 2. The molecule has 0 saturated heterocycles. The fourth-order valence-corrected chi connectivity index (χ4v) is 2.83. The number of anilines is 1. The van der Waals surface area contributed by atoms with Crippen molar-refractivity contribution in [2.45, 2.75) is 20.8 Å². The third-order valence-electron chi connectivity index (χ3n) is 4.70. The van der Waals surface area contributed by atoms with Gasteiger partial charge in [0.05, 0.1) is 6.21 Å². The largest absolute Gasteiger partial charge is 0.484 e. The molecule has 3 rings (SSSR count). The Morgan fingerprint density at radius 3 is 2.42 bits per heavy atom. The minimum atomic E-state index is -0.269. The van der Waals surface area contributed by atoms with E-state index in [-0.39, 0.29) is 18.4 Å². The van der Waals surface area contributed by atoms with Gasteiger partial charge in [-0.15, -0.1) is 0 Å². The minimum Gasteiger partial charge on any atom is -0.484 e. The molecule has 0 spiro atoms. The van der Waals surface area contributed by atoms with Gasteiger partial charge in [-0.25, -0.2) is 5.43 Å². The van der Waals surface area contributed by atoms with Crippen molar-refractivity contribution in [3.63, 3.8) is 0 Å². The maximum absolute atomic E-state index is 12.1. The lowest BCUT2D eigenvalue weighted by Gasteiger charge is -2.09. The highest BCUT2D eigenvalue weighted by Gasteiger charge is 2.05. The number of hydrogen-bond acceptors (Lipinski definition) is 4. The number of nitrogens with one attached hydrogen (secondary N) is 2. The number of benzene rings is 3. The van der Waals surface area contributed by atoms with E-state index in [0.717, 1.165) is 22.4 Å². The van der Waals surface area contributed by atoms with Crippen LogP contribution in [0, 0.1) is 20.8 Å². The first-order valence-electron chi connectivity index (χ1n) is 9.91. The van der Waals surface area contributed by atoms with Gasteiger partial charge in [-0.1, -0.05) is 23.8 Å². The van der Waals surface area contributed by atoms with Crippen molar-refractivity contribution in [1.82, 2.24) is 5.43 Å². The van der Waals surface area contributed by atoms with Crippen LogP contribution in [0.5, 0.6) is 5.75 Å². The number of hydrazone groups is 1. The Bertz CT molecular complexity index is 1110. The van der Waals surface area contributed by atoms with E-state index in [2.05, 4.69) is 15.8 Å². The maximum atomic E-state index is 12.1. The van der Waals surface area contributed by atoms with Crippen molar-refractivity contribution in [3.8, 4) is 5.75 Å². The molecule has 158 valence electrons. The molecule has 0 bridgehead atoms. The molecule has 2 amide bonds. The Labute approximate surface area is 182 Å². The monoisotopic (exact) mass is 415 g/mol. The highest BCUT2D eigenvalue weighted by atomic mass is 16.5. The first-order valence-corrected chi connectivity index (χ1v) is 9.91. The van der Waals surface area contributed by atoms with Crippen molar-refractivity contribution >= 4 is 23.7 Å². The van der Waals surface area contributed by atoms with Crippen LogP contribution in [-0.4, -0.2) is 24.6 Å². The second kappa shape index (κ2) is 10.2. The Morgan fingerprint density at radius 1 is 0.935 bits per heavy atom. The molecule has 0 fully saturated rings. The lowest BCUT2D eigenvalue weighted by Crippen LogP contribution is -2.20. The van der Waals surface area contributed by atoms with Crippen molar-refractivity contribution in [3.05, 3.63) is 94.5 Å². The van der Waals surface area contributed by atoms with E-state index in [1.165, 1.54) is 5.56 Å². The molecule has 6 heteroatoms. The van der Waals surface area contributed by atoms with Gasteiger partial charge < -0.3 is 10.1 Å². The topological polar surface area (TPSA) is 79.8 Å². The molecule has 0 aliphatic carbocycles. The van der Waals surface area contributed by atoms with E-state index in [1.807, 2.05) is 51.1 Å². The maximum Gasteiger partial charge on any atom is 0.271 e. The van der Waals surface area contributed by atoms with Crippen molar-refractivity contribution < 1.29 is 14.3 Å². The molecule has 2 N–H and O–H groups in total. The van der Waals surface area contributed by atoms with Gasteiger partial charge in [-0.3, -0.25) is 9.59 Å². The zero-order valence-corrected chi connectivity index (χ0v) is 17.8. The van der Waals surface area contributed by atoms with Crippen LogP contribution in [0.2, 0.25) is 0 Å². The Morgan fingerprint density at radius 2 is 1.71 bits per heavy atom. The number of rotatable bonds is 7. The number of aryl methyl sites for hydroxylation is 3. The molecule has 0 saturated carbocycles. The SMILES string of the molecule is Cc1cccc(C(=O)N/N=C/c2ccc(OCC(=O)Nc3ccc(C)c(C)c3)cc2)c1. The summed E-state index contributed by atoms with van der Waals surface area (Å²) in [4.78, 5) is 24.2. The van der Waals surface area contributed by atoms with Crippen LogP contribution in [0.1, 0.15) is 32.6 Å². The summed E-state index contributed by atoms with van der Waals surface area (Å²) in [6.07, 6.45) is 1.55. The lowest BCUT2D eigenvalue weighted by atomic mass is 10.1. The highest BCUT2D eigenvalue weighted by Crippen LogP contribution is 2.15. The van der Waals surface area contributed by atoms with E-state index in [1.54, 1.807) is 42.6 Å². The van der Waals surface area contributed by atoms with Crippen LogP contribution in [0.3, 0.4) is 0 Å². The molecule has 0 heterocycles. The number of carbonyl (C=O) groups is 2.